The van der Waals surface area contributed by atoms with Gasteiger partial charge in [-0.05, 0) is 31.0 Å². The number of benzene rings is 1. The van der Waals surface area contributed by atoms with Gasteiger partial charge in [0.1, 0.15) is 5.82 Å². The van der Waals surface area contributed by atoms with E-state index in [0.29, 0.717) is 22.3 Å². The third kappa shape index (κ3) is 4.93. The average molecular weight is 452 g/mol. The van der Waals surface area contributed by atoms with Crippen LogP contribution in [0.1, 0.15) is 36.0 Å². The Morgan fingerprint density at radius 3 is 2.61 bits per heavy atom. The van der Waals surface area contributed by atoms with Crippen molar-refractivity contribution in [3.05, 3.63) is 47.9 Å². The first kappa shape index (κ1) is 22.2. The Labute approximate surface area is 189 Å². The number of nitrogens with one attached hydrogen (secondary N) is 3. The Hall–Kier alpha value is -3.99. The Morgan fingerprint density at radius 2 is 1.88 bits per heavy atom. The highest BCUT2D eigenvalue weighted by atomic mass is 19.1. The number of hydrogen-bond acceptors (Lipinski definition) is 7. The summed E-state index contributed by atoms with van der Waals surface area (Å²) in [7, 11) is 0. The van der Waals surface area contributed by atoms with Gasteiger partial charge in [0.15, 0.2) is 11.6 Å². The molecule has 11 heteroatoms. The number of nitrogens with zero attached hydrogens (tertiary/aromatic N) is 2. The number of nitrogens with two attached hydrogens (primary N) is 3. The minimum Gasteiger partial charge on any atom is -0.365 e. The highest BCUT2D eigenvalue weighted by molar-refractivity contribution is 6.01. The molecular formula is C22H25FN8O2. The first-order chi connectivity index (χ1) is 15.8. The Balaban J connectivity index is 1.66. The van der Waals surface area contributed by atoms with Crippen molar-refractivity contribution in [3.8, 4) is 0 Å². The van der Waals surface area contributed by atoms with Crippen LogP contribution in [0.5, 0.6) is 0 Å². The fourth-order valence-corrected chi connectivity index (χ4v) is 3.99. The van der Waals surface area contributed by atoms with E-state index < -0.39 is 17.8 Å². The van der Waals surface area contributed by atoms with Crippen LogP contribution in [0.15, 0.2) is 36.5 Å². The number of primary amides is 2. The number of urea groups is 1. The molecule has 0 spiro atoms. The Kier molecular flexibility index (Phi) is 6.22. The minimum atomic E-state index is -0.827. The minimum absolute atomic E-state index is 0.00783. The number of pyridine rings is 2. The Bertz CT molecular complexity index is 1220. The Morgan fingerprint density at radius 1 is 1.09 bits per heavy atom. The quantitative estimate of drug-likeness (QED) is 0.333. The van der Waals surface area contributed by atoms with Crippen LogP contribution in [0.2, 0.25) is 0 Å². The third-order valence-corrected chi connectivity index (χ3v) is 5.61. The summed E-state index contributed by atoms with van der Waals surface area (Å²) in [4.78, 5) is 31.8. The SMILES string of the molecule is NC(=O)Nc1cccc2cc(Nc3nc(NC4CCCCC4N)c(F)cc3C(N)=O)cnc12. The molecule has 1 aliphatic carbocycles. The third-order valence-electron chi connectivity index (χ3n) is 5.61. The summed E-state index contributed by atoms with van der Waals surface area (Å²) in [5.74, 6) is -1.44. The molecule has 172 valence electrons. The molecule has 1 aromatic carbocycles. The van der Waals surface area contributed by atoms with Crippen molar-refractivity contribution < 1.29 is 14.0 Å². The average Bonchev–Trinajstić information content (AvgIpc) is 2.77. The van der Waals surface area contributed by atoms with Gasteiger partial charge in [0.2, 0.25) is 0 Å². The maximum Gasteiger partial charge on any atom is 0.316 e. The van der Waals surface area contributed by atoms with Crippen LogP contribution in [0.25, 0.3) is 10.9 Å². The zero-order valence-corrected chi connectivity index (χ0v) is 17.8. The van der Waals surface area contributed by atoms with Crippen molar-refractivity contribution in [1.82, 2.24) is 9.97 Å². The van der Waals surface area contributed by atoms with Crippen molar-refractivity contribution in [2.24, 2.45) is 17.2 Å². The van der Waals surface area contributed by atoms with E-state index in [0.717, 1.165) is 31.7 Å². The van der Waals surface area contributed by atoms with Gasteiger partial charge < -0.3 is 33.2 Å². The lowest BCUT2D eigenvalue weighted by Crippen LogP contribution is -2.43. The first-order valence-corrected chi connectivity index (χ1v) is 10.6. The lowest BCUT2D eigenvalue weighted by Gasteiger charge is -2.30. The first-order valence-electron chi connectivity index (χ1n) is 10.6. The second-order valence-electron chi connectivity index (χ2n) is 7.99. The fourth-order valence-electron chi connectivity index (χ4n) is 3.99. The van der Waals surface area contributed by atoms with Crippen molar-refractivity contribution >= 4 is 45.9 Å². The molecule has 3 aromatic rings. The molecule has 0 radical (unpaired) electrons. The predicted molar refractivity (Wildman–Crippen MR) is 125 cm³/mol. The van der Waals surface area contributed by atoms with E-state index in [1.807, 2.05) is 0 Å². The second-order valence-corrected chi connectivity index (χ2v) is 7.99. The molecule has 2 aromatic heterocycles. The van der Waals surface area contributed by atoms with Gasteiger partial charge in [-0.2, -0.15) is 0 Å². The number of halogens is 1. The molecule has 1 fully saturated rings. The topological polar surface area (TPSA) is 174 Å². The number of amides is 3. The van der Waals surface area contributed by atoms with Gasteiger partial charge in [0.25, 0.3) is 5.91 Å². The highest BCUT2D eigenvalue weighted by Gasteiger charge is 2.24. The van der Waals surface area contributed by atoms with E-state index in [1.165, 1.54) is 6.20 Å². The van der Waals surface area contributed by atoms with Crippen LogP contribution in [-0.2, 0) is 0 Å². The van der Waals surface area contributed by atoms with Crippen molar-refractivity contribution in [2.45, 2.75) is 37.8 Å². The molecule has 33 heavy (non-hydrogen) atoms. The van der Waals surface area contributed by atoms with Gasteiger partial charge in [-0.3, -0.25) is 9.78 Å². The zero-order valence-electron chi connectivity index (χ0n) is 17.8. The van der Waals surface area contributed by atoms with Gasteiger partial charge in [0, 0.05) is 17.5 Å². The monoisotopic (exact) mass is 452 g/mol. The smallest absolute Gasteiger partial charge is 0.316 e. The lowest BCUT2D eigenvalue weighted by atomic mass is 9.91. The van der Waals surface area contributed by atoms with Crippen molar-refractivity contribution in [2.75, 3.05) is 16.0 Å². The number of aromatic nitrogens is 2. The van der Waals surface area contributed by atoms with Crippen LogP contribution < -0.4 is 33.2 Å². The van der Waals surface area contributed by atoms with E-state index in [1.54, 1.807) is 24.3 Å². The molecule has 4 rings (SSSR count). The maximum atomic E-state index is 14.7. The number of anilines is 4. The number of carbonyl (C=O) groups excluding carboxylic acids is 2. The number of para-hydroxylation sites is 1. The van der Waals surface area contributed by atoms with E-state index in [9.17, 15) is 14.0 Å². The van der Waals surface area contributed by atoms with Crippen molar-refractivity contribution in [1.29, 1.82) is 0 Å². The zero-order chi connectivity index (χ0) is 23.5. The summed E-state index contributed by atoms with van der Waals surface area (Å²) in [6, 6.07) is 7.07. The number of carbonyl (C=O) groups is 2. The summed E-state index contributed by atoms with van der Waals surface area (Å²) in [5.41, 5.74) is 18.2. The lowest BCUT2D eigenvalue weighted by molar-refractivity contribution is 0.100. The van der Waals surface area contributed by atoms with Crippen LogP contribution in [0, 0.1) is 5.82 Å². The normalized spacial score (nSPS) is 18.0. The molecule has 9 N–H and O–H groups in total. The van der Waals surface area contributed by atoms with E-state index >= 15 is 0 Å². The van der Waals surface area contributed by atoms with E-state index in [4.69, 9.17) is 17.2 Å². The molecule has 2 unspecified atom stereocenters. The predicted octanol–water partition coefficient (Wildman–Crippen LogP) is 2.78. The number of rotatable bonds is 6. The molecule has 0 aliphatic heterocycles. The largest absolute Gasteiger partial charge is 0.365 e. The summed E-state index contributed by atoms with van der Waals surface area (Å²) >= 11 is 0. The molecule has 1 saturated carbocycles. The molecule has 2 atom stereocenters. The van der Waals surface area contributed by atoms with Crippen molar-refractivity contribution in [3.63, 3.8) is 0 Å². The molecular weight excluding hydrogens is 427 g/mol. The van der Waals surface area contributed by atoms with Crippen LogP contribution in [-0.4, -0.2) is 34.0 Å². The summed E-state index contributed by atoms with van der Waals surface area (Å²) in [5, 5.41) is 9.29. The molecule has 10 nitrogen and oxygen atoms in total. The standard InChI is InChI=1S/C22H25FN8O2/c23-14-9-13(19(25)32)20(31-21(14)29-16-6-2-1-5-15(16)24)28-12-8-11-4-3-7-17(30-22(26)33)18(11)27-10-12/h3-4,7-10,15-16H,1-2,5-6,24H2,(H2,25,32)(H3,26,30,33)(H2,28,29,31). The van der Waals surface area contributed by atoms with Gasteiger partial charge in [-0.25, -0.2) is 14.2 Å². The van der Waals surface area contributed by atoms with E-state index in [2.05, 4.69) is 25.9 Å². The van der Waals surface area contributed by atoms with E-state index in [-0.39, 0.29) is 29.3 Å². The second kappa shape index (κ2) is 9.25. The molecule has 0 saturated heterocycles. The maximum absolute atomic E-state index is 14.7. The van der Waals surface area contributed by atoms with Crippen LogP contribution in [0.3, 0.4) is 0 Å². The summed E-state index contributed by atoms with van der Waals surface area (Å²) in [6.45, 7) is 0. The molecule has 0 bridgehead atoms. The van der Waals surface area contributed by atoms with Crippen LogP contribution >= 0.6 is 0 Å². The molecule has 2 heterocycles. The number of hydrogen-bond donors (Lipinski definition) is 6. The van der Waals surface area contributed by atoms with Crippen LogP contribution in [0.4, 0.5) is 32.2 Å². The molecule has 1 aliphatic rings. The highest BCUT2D eigenvalue weighted by Crippen LogP contribution is 2.29. The fraction of sp³-hybridized carbons (Fsp3) is 0.273. The van der Waals surface area contributed by atoms with Gasteiger partial charge in [0.05, 0.1) is 28.7 Å². The van der Waals surface area contributed by atoms with Gasteiger partial charge in [-0.1, -0.05) is 25.0 Å². The molecule has 3 amide bonds. The van der Waals surface area contributed by atoms with Gasteiger partial charge in [-0.15, -0.1) is 0 Å². The van der Waals surface area contributed by atoms with Gasteiger partial charge >= 0.3 is 6.03 Å². The summed E-state index contributed by atoms with van der Waals surface area (Å²) < 4.78 is 14.7. The number of fused-ring (bicyclic) bond motifs is 1. The summed E-state index contributed by atoms with van der Waals surface area (Å²) in [6.07, 6.45) is 5.17.